The summed E-state index contributed by atoms with van der Waals surface area (Å²) in [5.74, 6) is 3.85. The third-order valence-corrected chi connectivity index (χ3v) is 6.10. The van der Waals surface area contributed by atoms with Crippen molar-refractivity contribution in [2.24, 2.45) is 16.8 Å². The summed E-state index contributed by atoms with van der Waals surface area (Å²) in [6.07, 6.45) is 7.47. The second-order valence-electron chi connectivity index (χ2n) is 7.70. The van der Waals surface area contributed by atoms with Crippen molar-refractivity contribution in [2.45, 2.75) is 32.2 Å². The first-order valence-electron chi connectivity index (χ1n) is 10.1. The molecule has 6 nitrogen and oxygen atoms in total. The van der Waals surface area contributed by atoms with E-state index in [-0.39, 0.29) is 24.0 Å². The van der Waals surface area contributed by atoms with E-state index in [0.29, 0.717) is 0 Å². The molecule has 2 saturated heterocycles. The number of guanidine groups is 1. The lowest BCUT2D eigenvalue weighted by atomic mass is 9.82. The monoisotopic (exact) mass is 485 g/mol. The van der Waals surface area contributed by atoms with Gasteiger partial charge in [-0.3, -0.25) is 4.99 Å². The number of morpholine rings is 1. The van der Waals surface area contributed by atoms with Gasteiger partial charge in [-0.2, -0.15) is 0 Å². The van der Waals surface area contributed by atoms with Crippen LogP contribution in [-0.4, -0.2) is 62.3 Å². The number of anilines is 1. The molecule has 2 atom stereocenters. The number of nitrogens with zero attached hydrogens (tertiary/aromatic N) is 4. The number of aromatic nitrogens is 1. The molecule has 2 unspecified atom stereocenters. The first-order valence-corrected chi connectivity index (χ1v) is 10.1. The van der Waals surface area contributed by atoms with Gasteiger partial charge in [0.2, 0.25) is 0 Å². The topological polar surface area (TPSA) is 53.0 Å². The fourth-order valence-electron chi connectivity index (χ4n) is 4.71. The maximum Gasteiger partial charge on any atom is 0.193 e. The molecule has 0 radical (unpaired) electrons. The number of ether oxygens (including phenoxy) is 1. The zero-order valence-electron chi connectivity index (χ0n) is 16.3. The van der Waals surface area contributed by atoms with E-state index in [1.54, 1.807) is 0 Å². The van der Waals surface area contributed by atoms with Crippen LogP contribution in [0.15, 0.2) is 23.3 Å². The van der Waals surface area contributed by atoms with E-state index in [9.17, 15) is 0 Å². The molecular weight excluding hydrogens is 453 g/mol. The molecule has 27 heavy (non-hydrogen) atoms. The van der Waals surface area contributed by atoms with Gasteiger partial charge in [0.25, 0.3) is 0 Å². The molecule has 0 bridgehead atoms. The Morgan fingerprint density at radius 1 is 1.22 bits per heavy atom. The van der Waals surface area contributed by atoms with E-state index in [4.69, 9.17) is 4.74 Å². The minimum atomic E-state index is 0. The molecule has 2 aliphatic heterocycles. The smallest absolute Gasteiger partial charge is 0.193 e. The number of hydrogen-bond acceptors (Lipinski definition) is 4. The molecule has 4 rings (SSSR count). The highest BCUT2D eigenvalue weighted by atomic mass is 127. The molecular formula is C20H32IN5O. The summed E-state index contributed by atoms with van der Waals surface area (Å²) >= 11 is 0. The maximum absolute atomic E-state index is 5.48. The highest BCUT2D eigenvalue weighted by molar-refractivity contribution is 14.0. The highest BCUT2D eigenvalue weighted by Crippen LogP contribution is 2.36. The summed E-state index contributed by atoms with van der Waals surface area (Å²) in [7, 11) is 1.90. The largest absolute Gasteiger partial charge is 0.378 e. The van der Waals surface area contributed by atoms with Crippen LogP contribution in [0, 0.1) is 11.8 Å². The molecule has 3 fully saturated rings. The number of likely N-dealkylation sites (tertiary alicyclic amines) is 1. The van der Waals surface area contributed by atoms with Crippen LogP contribution in [0.3, 0.4) is 0 Å². The molecule has 7 heteroatoms. The van der Waals surface area contributed by atoms with Crippen molar-refractivity contribution in [3.63, 3.8) is 0 Å². The van der Waals surface area contributed by atoms with E-state index >= 15 is 0 Å². The quantitative estimate of drug-likeness (QED) is 0.406. The lowest BCUT2D eigenvalue weighted by Crippen LogP contribution is -2.41. The summed E-state index contributed by atoms with van der Waals surface area (Å²) < 4.78 is 5.48. The average Bonchev–Trinajstić information content (AvgIpc) is 3.13. The van der Waals surface area contributed by atoms with Gasteiger partial charge in [0.05, 0.1) is 13.2 Å². The van der Waals surface area contributed by atoms with E-state index in [1.165, 1.54) is 31.2 Å². The van der Waals surface area contributed by atoms with Crippen LogP contribution in [0.2, 0.25) is 0 Å². The Bertz CT molecular complexity index is 621. The van der Waals surface area contributed by atoms with Crippen LogP contribution in [0.1, 0.15) is 31.2 Å². The van der Waals surface area contributed by atoms with E-state index < -0.39 is 0 Å². The van der Waals surface area contributed by atoms with Crippen molar-refractivity contribution in [1.82, 2.24) is 15.2 Å². The fraction of sp³-hybridized carbons (Fsp3) is 0.700. The Kier molecular flexibility index (Phi) is 7.57. The van der Waals surface area contributed by atoms with Crippen LogP contribution in [0.25, 0.3) is 0 Å². The first-order chi connectivity index (χ1) is 12.8. The Hall–Kier alpha value is -1.09. The number of pyridine rings is 1. The fourth-order valence-corrected chi connectivity index (χ4v) is 4.71. The van der Waals surface area contributed by atoms with Gasteiger partial charge in [-0.05, 0) is 30.7 Å². The van der Waals surface area contributed by atoms with Crippen molar-refractivity contribution in [3.05, 3.63) is 23.9 Å². The predicted molar refractivity (Wildman–Crippen MR) is 120 cm³/mol. The van der Waals surface area contributed by atoms with E-state index in [2.05, 4.69) is 31.2 Å². The number of aliphatic imine (C=N–C) groups is 1. The Labute approximate surface area is 179 Å². The molecule has 3 heterocycles. The Morgan fingerprint density at radius 3 is 2.59 bits per heavy atom. The van der Waals surface area contributed by atoms with Gasteiger partial charge in [0.15, 0.2) is 5.96 Å². The molecule has 1 N–H and O–H groups in total. The summed E-state index contributed by atoms with van der Waals surface area (Å²) in [5.41, 5.74) is 1.23. The molecule has 0 amide bonds. The zero-order valence-corrected chi connectivity index (χ0v) is 18.6. The summed E-state index contributed by atoms with van der Waals surface area (Å²) in [6, 6.07) is 4.19. The molecule has 1 saturated carbocycles. The normalized spacial score (nSPS) is 25.7. The van der Waals surface area contributed by atoms with Gasteiger partial charge in [0, 0.05) is 51.5 Å². The van der Waals surface area contributed by atoms with Gasteiger partial charge < -0.3 is 19.9 Å². The van der Waals surface area contributed by atoms with Crippen LogP contribution >= 0.6 is 24.0 Å². The number of halogens is 1. The molecule has 1 aromatic rings. The van der Waals surface area contributed by atoms with E-state index in [1.807, 2.05) is 19.3 Å². The summed E-state index contributed by atoms with van der Waals surface area (Å²) in [6.45, 7) is 6.46. The third kappa shape index (κ3) is 4.85. The number of nitrogens with one attached hydrogen (secondary N) is 1. The molecule has 1 aromatic heterocycles. The van der Waals surface area contributed by atoms with Gasteiger partial charge >= 0.3 is 0 Å². The number of fused-ring (bicyclic) bond motifs is 1. The second kappa shape index (κ2) is 9.91. The number of hydrogen-bond donors (Lipinski definition) is 1. The lowest BCUT2D eigenvalue weighted by molar-refractivity contribution is 0.122. The van der Waals surface area contributed by atoms with Crippen molar-refractivity contribution >= 4 is 35.8 Å². The highest BCUT2D eigenvalue weighted by Gasteiger charge is 2.35. The van der Waals surface area contributed by atoms with Crippen LogP contribution in [0.4, 0.5) is 5.82 Å². The molecule has 0 aromatic carbocycles. The molecule has 3 aliphatic rings. The van der Waals surface area contributed by atoms with Crippen LogP contribution in [0.5, 0.6) is 0 Å². The van der Waals surface area contributed by atoms with Gasteiger partial charge in [-0.25, -0.2) is 4.98 Å². The Balaban J connectivity index is 0.00000210. The van der Waals surface area contributed by atoms with E-state index in [0.717, 1.165) is 69.6 Å². The SMILES string of the molecule is CN=C(NCc1cccnc1N1CCOCC1)N1CC2CCCCC2C1.I. The summed E-state index contributed by atoms with van der Waals surface area (Å²) in [5, 5.41) is 3.59. The van der Waals surface area contributed by atoms with Gasteiger partial charge in [-0.1, -0.05) is 18.9 Å². The minimum absolute atomic E-state index is 0. The van der Waals surface area contributed by atoms with Crippen molar-refractivity contribution in [3.8, 4) is 0 Å². The second-order valence-corrected chi connectivity index (χ2v) is 7.70. The van der Waals surface area contributed by atoms with Crippen molar-refractivity contribution < 1.29 is 4.74 Å². The Morgan fingerprint density at radius 2 is 1.93 bits per heavy atom. The molecule has 0 spiro atoms. The zero-order chi connectivity index (χ0) is 17.8. The van der Waals surface area contributed by atoms with Gasteiger partial charge in [-0.15, -0.1) is 24.0 Å². The number of rotatable bonds is 3. The van der Waals surface area contributed by atoms with Crippen molar-refractivity contribution in [2.75, 3.05) is 51.3 Å². The minimum Gasteiger partial charge on any atom is -0.378 e. The average molecular weight is 485 g/mol. The lowest BCUT2D eigenvalue weighted by Gasteiger charge is -2.30. The van der Waals surface area contributed by atoms with Gasteiger partial charge in [0.1, 0.15) is 5.82 Å². The first kappa shape index (κ1) is 20.6. The molecule has 150 valence electrons. The van der Waals surface area contributed by atoms with Crippen LogP contribution < -0.4 is 10.2 Å². The van der Waals surface area contributed by atoms with Crippen molar-refractivity contribution in [1.29, 1.82) is 0 Å². The maximum atomic E-state index is 5.48. The summed E-state index contributed by atoms with van der Waals surface area (Å²) in [4.78, 5) is 14.0. The van der Waals surface area contributed by atoms with Crippen LogP contribution in [-0.2, 0) is 11.3 Å². The predicted octanol–water partition coefficient (Wildman–Crippen LogP) is 2.73. The molecule has 1 aliphatic carbocycles. The third-order valence-electron chi connectivity index (χ3n) is 6.10. The standard InChI is InChI=1S/C20H31N5O.HI/c1-21-20(25-14-17-5-2-3-6-18(17)15-25)23-13-16-7-4-8-22-19(16)24-9-11-26-12-10-24;/h4,7-8,17-18H,2-3,5-6,9-15H2,1H3,(H,21,23);1H.